The first kappa shape index (κ1) is 19.2. The predicted molar refractivity (Wildman–Crippen MR) is 109 cm³/mol. The summed E-state index contributed by atoms with van der Waals surface area (Å²) < 4.78 is 5.59. The maximum Gasteiger partial charge on any atom is 0.244 e. The van der Waals surface area contributed by atoms with Gasteiger partial charge in [0.1, 0.15) is 12.3 Å². The molecule has 1 heterocycles. The Balaban J connectivity index is 1.58. The number of benzene rings is 2. The van der Waals surface area contributed by atoms with Crippen LogP contribution in [0.5, 0.6) is 5.75 Å². The van der Waals surface area contributed by atoms with Crippen LogP contribution in [0.25, 0.3) is 6.08 Å². The van der Waals surface area contributed by atoms with E-state index in [1.54, 1.807) is 17.1 Å². The second-order valence-corrected chi connectivity index (χ2v) is 6.92. The molecule has 1 fully saturated rings. The summed E-state index contributed by atoms with van der Waals surface area (Å²) in [6.07, 6.45) is 6.03. The van der Waals surface area contributed by atoms with Crippen LogP contribution in [0.4, 0.5) is 0 Å². The monoisotopic (exact) mass is 365 g/mol. The quantitative estimate of drug-likeness (QED) is 0.706. The third-order valence-electron chi connectivity index (χ3n) is 4.96. The molecule has 1 aliphatic heterocycles. The molecule has 1 aliphatic rings. The fourth-order valence-corrected chi connectivity index (χ4v) is 3.54. The summed E-state index contributed by atoms with van der Waals surface area (Å²) in [6, 6.07) is 16.2. The van der Waals surface area contributed by atoms with Crippen molar-refractivity contribution in [3.63, 3.8) is 0 Å². The second kappa shape index (κ2) is 9.93. The van der Waals surface area contributed by atoms with Gasteiger partial charge in [0.05, 0.1) is 19.7 Å². The number of hydrogen-bond donors (Lipinski definition) is 2. The van der Waals surface area contributed by atoms with Gasteiger partial charge in [0.25, 0.3) is 0 Å². The van der Waals surface area contributed by atoms with E-state index in [2.05, 4.69) is 23.5 Å². The Morgan fingerprint density at radius 2 is 1.78 bits per heavy atom. The lowest BCUT2D eigenvalue weighted by molar-refractivity contribution is -0.901. The average molecular weight is 365 g/mol. The molecule has 4 nitrogen and oxygen atoms in total. The van der Waals surface area contributed by atoms with Crippen molar-refractivity contribution in [1.29, 1.82) is 0 Å². The molecule has 2 aromatic rings. The molecular weight excluding hydrogens is 336 g/mol. The van der Waals surface area contributed by atoms with E-state index in [1.807, 2.05) is 37.3 Å². The Morgan fingerprint density at radius 3 is 2.56 bits per heavy atom. The van der Waals surface area contributed by atoms with E-state index in [1.165, 1.54) is 37.1 Å². The summed E-state index contributed by atoms with van der Waals surface area (Å²) in [6.45, 7) is 6.66. The van der Waals surface area contributed by atoms with Gasteiger partial charge in [-0.3, -0.25) is 4.79 Å². The SMILES string of the molecule is CCOc1ccccc1/C=C/C(=O)NCc1ccccc1C[NH+]1CCCC1. The van der Waals surface area contributed by atoms with Crippen LogP contribution in [0, 0.1) is 0 Å². The summed E-state index contributed by atoms with van der Waals surface area (Å²) in [5.41, 5.74) is 3.45. The molecule has 0 aliphatic carbocycles. The molecular formula is C23H29N2O2+. The summed E-state index contributed by atoms with van der Waals surface area (Å²) in [5, 5.41) is 3.01. The Bertz CT molecular complexity index is 779. The van der Waals surface area contributed by atoms with Crippen molar-refractivity contribution in [3.8, 4) is 5.75 Å². The lowest BCUT2D eigenvalue weighted by Crippen LogP contribution is -3.08. The fourth-order valence-electron chi connectivity index (χ4n) is 3.54. The standard InChI is InChI=1S/C23H28N2O2/c1-2-27-22-12-6-5-9-19(22)13-14-23(26)24-17-20-10-3-4-11-21(20)18-25-15-7-8-16-25/h3-6,9-14H,2,7-8,15-18H2,1H3,(H,24,26)/p+1/b14-13+. The number of hydrogen-bond acceptors (Lipinski definition) is 2. The van der Waals surface area contributed by atoms with Crippen LogP contribution in [-0.2, 0) is 17.9 Å². The Morgan fingerprint density at radius 1 is 1.07 bits per heavy atom. The van der Waals surface area contributed by atoms with Crippen molar-refractivity contribution in [2.75, 3.05) is 19.7 Å². The van der Waals surface area contributed by atoms with Crippen molar-refractivity contribution in [1.82, 2.24) is 5.32 Å². The Kier molecular flexibility index (Phi) is 7.05. The maximum absolute atomic E-state index is 12.3. The number of ether oxygens (including phenoxy) is 1. The van der Waals surface area contributed by atoms with E-state index in [0.29, 0.717) is 13.2 Å². The highest BCUT2D eigenvalue weighted by Crippen LogP contribution is 2.19. The molecule has 1 saturated heterocycles. The number of nitrogens with one attached hydrogen (secondary N) is 2. The van der Waals surface area contributed by atoms with Gasteiger partial charge in [-0.05, 0) is 24.6 Å². The van der Waals surface area contributed by atoms with Crippen molar-refractivity contribution in [3.05, 3.63) is 71.3 Å². The van der Waals surface area contributed by atoms with Crippen molar-refractivity contribution >= 4 is 12.0 Å². The van der Waals surface area contributed by atoms with Crippen LogP contribution in [0.2, 0.25) is 0 Å². The van der Waals surface area contributed by atoms with Crippen LogP contribution in [0.1, 0.15) is 36.5 Å². The van der Waals surface area contributed by atoms with Crippen molar-refractivity contribution < 1.29 is 14.4 Å². The summed E-state index contributed by atoms with van der Waals surface area (Å²) >= 11 is 0. The van der Waals surface area contributed by atoms with Crippen molar-refractivity contribution in [2.24, 2.45) is 0 Å². The van der Waals surface area contributed by atoms with Gasteiger partial charge in [-0.1, -0.05) is 42.5 Å². The molecule has 2 aromatic carbocycles. The molecule has 3 rings (SSSR count). The number of rotatable bonds is 8. The molecule has 0 spiro atoms. The predicted octanol–water partition coefficient (Wildman–Crippen LogP) is 2.59. The molecule has 0 atom stereocenters. The lowest BCUT2D eigenvalue weighted by atomic mass is 10.1. The largest absolute Gasteiger partial charge is 0.493 e. The fraction of sp³-hybridized carbons (Fsp3) is 0.348. The highest BCUT2D eigenvalue weighted by molar-refractivity contribution is 5.92. The highest BCUT2D eigenvalue weighted by Gasteiger charge is 2.17. The molecule has 4 heteroatoms. The Labute approximate surface area is 161 Å². The zero-order valence-electron chi connectivity index (χ0n) is 16.0. The number of amides is 1. The number of likely N-dealkylation sites (tertiary alicyclic amines) is 1. The van der Waals surface area contributed by atoms with Crippen LogP contribution < -0.4 is 15.0 Å². The summed E-state index contributed by atoms with van der Waals surface area (Å²) in [4.78, 5) is 13.9. The van der Waals surface area contributed by atoms with Crippen LogP contribution in [0.3, 0.4) is 0 Å². The number of carbonyl (C=O) groups excluding carboxylic acids is 1. The molecule has 27 heavy (non-hydrogen) atoms. The van der Waals surface area contributed by atoms with E-state index < -0.39 is 0 Å². The zero-order valence-corrected chi connectivity index (χ0v) is 16.0. The lowest BCUT2D eigenvalue weighted by Gasteiger charge is -2.15. The van der Waals surface area contributed by atoms with Crippen LogP contribution in [0.15, 0.2) is 54.6 Å². The molecule has 0 unspecified atom stereocenters. The van der Waals surface area contributed by atoms with E-state index >= 15 is 0 Å². The van der Waals surface area contributed by atoms with E-state index in [4.69, 9.17) is 4.74 Å². The summed E-state index contributed by atoms with van der Waals surface area (Å²) in [5.74, 6) is 0.701. The molecule has 0 radical (unpaired) electrons. The van der Waals surface area contributed by atoms with Gasteiger partial charge in [0, 0.05) is 36.6 Å². The van der Waals surface area contributed by atoms with Gasteiger partial charge in [-0.25, -0.2) is 0 Å². The molecule has 0 aromatic heterocycles. The first-order valence-electron chi connectivity index (χ1n) is 9.84. The second-order valence-electron chi connectivity index (χ2n) is 6.92. The minimum absolute atomic E-state index is 0.0929. The average Bonchev–Trinajstić information content (AvgIpc) is 3.20. The zero-order chi connectivity index (χ0) is 18.9. The van der Waals surface area contributed by atoms with Crippen LogP contribution in [-0.4, -0.2) is 25.6 Å². The third-order valence-corrected chi connectivity index (χ3v) is 4.96. The molecule has 0 saturated carbocycles. The topological polar surface area (TPSA) is 42.8 Å². The van der Waals surface area contributed by atoms with E-state index in [0.717, 1.165) is 17.9 Å². The summed E-state index contributed by atoms with van der Waals surface area (Å²) in [7, 11) is 0. The van der Waals surface area contributed by atoms with Crippen molar-refractivity contribution in [2.45, 2.75) is 32.9 Å². The van der Waals surface area contributed by atoms with Gasteiger partial charge in [0.15, 0.2) is 0 Å². The third kappa shape index (κ3) is 5.69. The number of para-hydroxylation sites is 1. The van der Waals surface area contributed by atoms with Gasteiger partial charge >= 0.3 is 0 Å². The van der Waals surface area contributed by atoms with Gasteiger partial charge in [-0.2, -0.15) is 0 Å². The number of carbonyl (C=O) groups is 1. The van der Waals surface area contributed by atoms with E-state index in [9.17, 15) is 4.79 Å². The first-order valence-corrected chi connectivity index (χ1v) is 9.84. The van der Waals surface area contributed by atoms with Gasteiger partial charge < -0.3 is 15.0 Å². The highest BCUT2D eigenvalue weighted by atomic mass is 16.5. The molecule has 1 amide bonds. The number of quaternary nitrogens is 1. The smallest absolute Gasteiger partial charge is 0.244 e. The van der Waals surface area contributed by atoms with Gasteiger partial charge in [-0.15, -0.1) is 0 Å². The normalized spacial score (nSPS) is 14.6. The Hall–Kier alpha value is -2.59. The maximum atomic E-state index is 12.3. The molecule has 2 N–H and O–H groups in total. The van der Waals surface area contributed by atoms with Gasteiger partial charge in [0.2, 0.25) is 5.91 Å². The van der Waals surface area contributed by atoms with Crippen LogP contribution >= 0.6 is 0 Å². The molecule has 142 valence electrons. The minimum Gasteiger partial charge on any atom is -0.493 e. The first-order chi connectivity index (χ1) is 13.3. The van der Waals surface area contributed by atoms with E-state index in [-0.39, 0.29) is 5.91 Å². The minimum atomic E-state index is -0.0929. The molecule has 0 bridgehead atoms.